The van der Waals surface area contributed by atoms with E-state index in [0.717, 1.165) is 0 Å². The Morgan fingerprint density at radius 3 is 2.28 bits per heavy atom. The Balaban J connectivity index is 1.93. The van der Waals surface area contributed by atoms with Crippen molar-refractivity contribution in [1.29, 1.82) is 0 Å². The van der Waals surface area contributed by atoms with E-state index in [9.17, 15) is 9.59 Å². The highest BCUT2D eigenvalue weighted by atomic mass is 16.5. The highest BCUT2D eigenvalue weighted by molar-refractivity contribution is 5.95. The Labute approximate surface area is 147 Å². The zero-order valence-electron chi connectivity index (χ0n) is 14.6. The van der Waals surface area contributed by atoms with Gasteiger partial charge >= 0.3 is 0 Å². The molecule has 4 N–H and O–H groups in total. The fraction of sp³-hybridized carbons (Fsp3) is 0.529. The number of hydrogen-bond acceptors (Lipinski definition) is 6. The minimum absolute atomic E-state index is 0.138. The van der Waals surface area contributed by atoms with Crippen LogP contribution in [0, 0.1) is 5.41 Å². The molecule has 1 aliphatic rings. The maximum absolute atomic E-state index is 12.4. The van der Waals surface area contributed by atoms with Crippen molar-refractivity contribution in [3.63, 3.8) is 0 Å². The van der Waals surface area contributed by atoms with Gasteiger partial charge in [-0.05, 0) is 12.8 Å². The van der Waals surface area contributed by atoms with Gasteiger partial charge in [0.15, 0.2) is 0 Å². The molecule has 1 aromatic carbocycles. The molecule has 0 atom stereocenters. The van der Waals surface area contributed by atoms with Crippen LogP contribution >= 0.6 is 0 Å². The van der Waals surface area contributed by atoms with E-state index in [1.54, 1.807) is 18.2 Å². The quantitative estimate of drug-likeness (QED) is 0.660. The highest BCUT2D eigenvalue weighted by Gasteiger charge is 2.38. The first kappa shape index (κ1) is 19.0. The first-order valence-corrected chi connectivity index (χ1v) is 8.12. The third-order valence-electron chi connectivity index (χ3n) is 4.37. The van der Waals surface area contributed by atoms with Crippen molar-refractivity contribution in [2.75, 3.05) is 45.8 Å². The zero-order chi connectivity index (χ0) is 18.3. The molecule has 0 saturated carbocycles. The molecule has 1 aliphatic heterocycles. The van der Waals surface area contributed by atoms with E-state index in [2.05, 4.69) is 10.6 Å². The Morgan fingerprint density at radius 2 is 1.76 bits per heavy atom. The summed E-state index contributed by atoms with van der Waals surface area (Å²) in [6, 6.07) is 5.04. The molecule has 2 amide bonds. The van der Waals surface area contributed by atoms with Crippen molar-refractivity contribution in [3.8, 4) is 11.5 Å². The fourth-order valence-corrected chi connectivity index (χ4v) is 2.72. The van der Waals surface area contributed by atoms with Crippen molar-refractivity contribution in [1.82, 2.24) is 5.32 Å². The first-order chi connectivity index (χ1) is 12.0. The second-order valence-corrected chi connectivity index (χ2v) is 5.93. The van der Waals surface area contributed by atoms with Gasteiger partial charge in [-0.2, -0.15) is 0 Å². The number of amides is 2. The molecule has 1 heterocycles. The molecule has 0 aliphatic carbocycles. The molecule has 25 heavy (non-hydrogen) atoms. The Hall–Kier alpha value is -2.32. The van der Waals surface area contributed by atoms with Crippen LogP contribution in [0.1, 0.15) is 12.8 Å². The van der Waals surface area contributed by atoms with Crippen LogP contribution < -0.4 is 25.8 Å². The summed E-state index contributed by atoms with van der Waals surface area (Å²) in [6.45, 7) is 1.10. The van der Waals surface area contributed by atoms with Gasteiger partial charge in [0.1, 0.15) is 11.5 Å². The highest BCUT2D eigenvalue weighted by Crippen LogP contribution is 2.29. The summed E-state index contributed by atoms with van der Waals surface area (Å²) in [4.78, 5) is 24.6. The largest absolute Gasteiger partial charge is 0.497 e. The van der Waals surface area contributed by atoms with E-state index in [-0.39, 0.29) is 24.9 Å². The number of nitrogens with one attached hydrogen (secondary N) is 2. The molecule has 8 heteroatoms. The summed E-state index contributed by atoms with van der Waals surface area (Å²) in [7, 11) is 3.06. The molecule has 0 aromatic heterocycles. The number of ether oxygens (including phenoxy) is 3. The van der Waals surface area contributed by atoms with Crippen LogP contribution in [0.3, 0.4) is 0 Å². The maximum Gasteiger partial charge on any atom is 0.243 e. The molecule has 2 rings (SSSR count). The Morgan fingerprint density at radius 1 is 1.16 bits per heavy atom. The van der Waals surface area contributed by atoms with Gasteiger partial charge in [-0.1, -0.05) is 0 Å². The summed E-state index contributed by atoms with van der Waals surface area (Å²) in [5.74, 6) is 0.561. The minimum Gasteiger partial charge on any atom is -0.497 e. The van der Waals surface area contributed by atoms with Gasteiger partial charge in [0.25, 0.3) is 0 Å². The third kappa shape index (κ3) is 4.83. The molecule has 0 radical (unpaired) electrons. The maximum atomic E-state index is 12.4. The Kier molecular flexibility index (Phi) is 6.60. The molecule has 0 spiro atoms. The van der Waals surface area contributed by atoms with Crippen LogP contribution in [0.2, 0.25) is 0 Å². The molecule has 0 bridgehead atoms. The van der Waals surface area contributed by atoms with Crippen LogP contribution in [0.25, 0.3) is 0 Å². The van der Waals surface area contributed by atoms with Gasteiger partial charge < -0.3 is 30.6 Å². The van der Waals surface area contributed by atoms with Gasteiger partial charge in [0, 0.05) is 43.6 Å². The second kappa shape index (κ2) is 8.68. The van der Waals surface area contributed by atoms with Crippen LogP contribution in [0.5, 0.6) is 11.5 Å². The molecular formula is C17H25N3O5. The number of hydrogen-bond donors (Lipinski definition) is 3. The van der Waals surface area contributed by atoms with Gasteiger partial charge in [0.2, 0.25) is 11.8 Å². The van der Waals surface area contributed by atoms with Crippen molar-refractivity contribution in [2.24, 2.45) is 11.1 Å². The van der Waals surface area contributed by atoms with Crippen LogP contribution in [0.15, 0.2) is 18.2 Å². The normalized spacial score (nSPS) is 16.0. The summed E-state index contributed by atoms with van der Waals surface area (Å²) in [6.07, 6.45) is 1.12. The average Bonchev–Trinajstić information content (AvgIpc) is 2.66. The van der Waals surface area contributed by atoms with Crippen molar-refractivity contribution >= 4 is 17.5 Å². The Bertz CT molecular complexity index is 592. The lowest BCUT2D eigenvalue weighted by atomic mass is 9.79. The topological polar surface area (TPSA) is 112 Å². The van der Waals surface area contributed by atoms with Crippen molar-refractivity contribution < 1.29 is 23.8 Å². The van der Waals surface area contributed by atoms with E-state index in [1.165, 1.54) is 14.2 Å². The lowest BCUT2D eigenvalue weighted by molar-refractivity contribution is -0.137. The molecule has 0 unspecified atom stereocenters. The predicted molar refractivity (Wildman–Crippen MR) is 92.7 cm³/mol. The average molecular weight is 351 g/mol. The summed E-state index contributed by atoms with van der Waals surface area (Å²) < 4.78 is 15.6. The number of anilines is 1. The van der Waals surface area contributed by atoms with Gasteiger partial charge in [-0.15, -0.1) is 0 Å². The second-order valence-electron chi connectivity index (χ2n) is 5.93. The summed E-state index contributed by atoms with van der Waals surface area (Å²) in [5, 5.41) is 5.38. The number of nitrogens with two attached hydrogens (primary N) is 1. The van der Waals surface area contributed by atoms with E-state index in [0.29, 0.717) is 43.2 Å². The lowest BCUT2D eigenvalue weighted by Gasteiger charge is -2.34. The number of rotatable bonds is 7. The van der Waals surface area contributed by atoms with E-state index >= 15 is 0 Å². The van der Waals surface area contributed by atoms with Crippen molar-refractivity contribution in [3.05, 3.63) is 18.2 Å². The number of carbonyl (C=O) groups is 2. The predicted octanol–water partition coefficient (Wildman–Crippen LogP) is 0.514. The van der Waals surface area contributed by atoms with Gasteiger partial charge in [-0.3, -0.25) is 9.59 Å². The SMILES string of the molecule is COc1cc(NC(=O)CNC(=O)C2(CN)CCOCC2)cc(OC)c1. The molecule has 1 fully saturated rings. The smallest absolute Gasteiger partial charge is 0.243 e. The minimum atomic E-state index is -0.655. The summed E-state index contributed by atoms with van der Waals surface area (Å²) >= 11 is 0. The summed E-state index contributed by atoms with van der Waals surface area (Å²) in [5.41, 5.74) is 5.66. The number of carbonyl (C=O) groups excluding carboxylic acids is 2. The number of benzene rings is 1. The van der Waals surface area contributed by atoms with Crippen LogP contribution in [-0.2, 0) is 14.3 Å². The van der Waals surface area contributed by atoms with E-state index in [4.69, 9.17) is 19.9 Å². The van der Waals surface area contributed by atoms with E-state index in [1.807, 2.05) is 0 Å². The van der Waals surface area contributed by atoms with Crippen LogP contribution in [-0.4, -0.2) is 52.3 Å². The lowest BCUT2D eigenvalue weighted by Crippen LogP contribution is -2.50. The molecule has 1 saturated heterocycles. The molecule has 138 valence electrons. The standard InChI is InChI=1S/C17H25N3O5/c1-23-13-7-12(8-14(9-13)24-2)20-15(21)10-19-16(22)17(11-18)3-5-25-6-4-17/h7-9H,3-6,10-11,18H2,1-2H3,(H,19,22)(H,20,21). The van der Waals surface area contributed by atoms with Crippen LogP contribution in [0.4, 0.5) is 5.69 Å². The third-order valence-corrected chi connectivity index (χ3v) is 4.37. The number of methoxy groups -OCH3 is 2. The van der Waals surface area contributed by atoms with E-state index < -0.39 is 5.41 Å². The molecule has 8 nitrogen and oxygen atoms in total. The van der Waals surface area contributed by atoms with Crippen molar-refractivity contribution in [2.45, 2.75) is 12.8 Å². The van der Waals surface area contributed by atoms with Gasteiger partial charge in [-0.25, -0.2) is 0 Å². The fourth-order valence-electron chi connectivity index (χ4n) is 2.72. The van der Waals surface area contributed by atoms with Gasteiger partial charge in [0.05, 0.1) is 26.2 Å². The first-order valence-electron chi connectivity index (χ1n) is 8.12. The molecular weight excluding hydrogens is 326 g/mol. The zero-order valence-corrected chi connectivity index (χ0v) is 14.6. The monoisotopic (exact) mass is 351 g/mol. The molecule has 1 aromatic rings.